The lowest BCUT2D eigenvalue weighted by molar-refractivity contribution is -0.388. The van der Waals surface area contributed by atoms with Gasteiger partial charge in [0, 0.05) is 18.8 Å². The van der Waals surface area contributed by atoms with E-state index in [1.165, 1.54) is 13.2 Å². The summed E-state index contributed by atoms with van der Waals surface area (Å²) in [6.07, 6.45) is 1.38. The van der Waals surface area contributed by atoms with Crippen molar-refractivity contribution >= 4 is 17.8 Å². The molecule has 1 atom stereocenters. The Morgan fingerprint density at radius 1 is 1.55 bits per heavy atom. The number of nitro benzene ring substituents is 1. The number of anilines is 1. The molecule has 0 N–H and O–H groups in total. The third-order valence-electron chi connectivity index (χ3n) is 3.34. The highest BCUT2D eigenvalue weighted by Crippen LogP contribution is 2.37. The van der Waals surface area contributed by atoms with Crippen molar-refractivity contribution in [2.45, 2.75) is 25.8 Å². The van der Waals surface area contributed by atoms with Crippen LogP contribution in [0.5, 0.6) is 0 Å². The van der Waals surface area contributed by atoms with Crippen molar-refractivity contribution in [2.24, 2.45) is 0 Å². The molecule has 0 amide bonds. The van der Waals surface area contributed by atoms with Gasteiger partial charge in [0.05, 0.1) is 17.6 Å². The zero-order valence-electron chi connectivity index (χ0n) is 11.6. The Kier molecular flexibility index (Phi) is 5.42. The smallest absolute Gasteiger partial charge is 0.310 e. The molecule has 0 bridgehead atoms. The Balaban J connectivity index is 0.000000444. The van der Waals surface area contributed by atoms with E-state index in [9.17, 15) is 14.5 Å². The minimum Gasteiger partial charge on any atom is -0.471 e. The van der Waals surface area contributed by atoms with Crippen molar-refractivity contribution in [3.63, 3.8) is 0 Å². The van der Waals surface area contributed by atoms with E-state index < -0.39 is 10.7 Å². The number of benzene rings is 1. The van der Waals surface area contributed by atoms with Crippen LogP contribution in [0.3, 0.4) is 0 Å². The van der Waals surface area contributed by atoms with Gasteiger partial charge in [-0.05, 0) is 31.9 Å². The predicted octanol–water partition coefficient (Wildman–Crippen LogP) is 2.29. The second-order valence-electron chi connectivity index (χ2n) is 4.48. The maximum absolute atomic E-state index is 13.4. The molecule has 0 radical (unpaired) electrons. The van der Waals surface area contributed by atoms with Crippen molar-refractivity contribution < 1.29 is 18.8 Å². The first-order valence-electron chi connectivity index (χ1n) is 6.09. The molecule has 1 unspecified atom stereocenters. The first kappa shape index (κ1) is 15.9. The third-order valence-corrected chi connectivity index (χ3v) is 3.34. The number of hydrogen-bond acceptors (Lipinski definition) is 5. The molecule has 2 rings (SSSR count). The van der Waals surface area contributed by atoms with Gasteiger partial charge in [-0.2, -0.15) is 4.39 Å². The van der Waals surface area contributed by atoms with Crippen LogP contribution < -0.4 is 4.90 Å². The van der Waals surface area contributed by atoms with Crippen LogP contribution in [0, 0.1) is 15.9 Å². The predicted molar refractivity (Wildman–Crippen MR) is 72.3 cm³/mol. The minimum atomic E-state index is -0.744. The van der Waals surface area contributed by atoms with E-state index in [1.807, 2.05) is 11.9 Å². The van der Waals surface area contributed by atoms with Gasteiger partial charge in [0.2, 0.25) is 5.82 Å². The average Bonchev–Trinajstić information content (AvgIpc) is 2.42. The van der Waals surface area contributed by atoms with Crippen LogP contribution in [0.4, 0.5) is 15.8 Å². The largest absolute Gasteiger partial charge is 0.471 e. The van der Waals surface area contributed by atoms with E-state index in [4.69, 9.17) is 4.79 Å². The van der Waals surface area contributed by atoms with E-state index in [-0.39, 0.29) is 5.69 Å². The number of methoxy groups -OCH3 is 1. The van der Waals surface area contributed by atoms with Gasteiger partial charge in [-0.25, -0.2) is 0 Å². The number of nitrogens with zero attached hydrogens (tertiary/aromatic N) is 2. The van der Waals surface area contributed by atoms with Crippen LogP contribution >= 0.6 is 0 Å². The van der Waals surface area contributed by atoms with E-state index >= 15 is 0 Å². The van der Waals surface area contributed by atoms with Gasteiger partial charge in [-0.15, -0.1) is 0 Å². The number of carbonyl (C=O) groups is 1. The summed E-state index contributed by atoms with van der Waals surface area (Å²) < 4.78 is 17.3. The van der Waals surface area contributed by atoms with Crippen LogP contribution in [0.1, 0.15) is 18.9 Å². The summed E-state index contributed by atoms with van der Waals surface area (Å²) in [6.45, 7) is 2.43. The lowest BCUT2D eigenvalue weighted by Crippen LogP contribution is -2.34. The van der Waals surface area contributed by atoms with E-state index in [0.29, 0.717) is 24.5 Å². The first-order chi connectivity index (χ1) is 9.43. The molecule has 110 valence electrons. The highest BCUT2D eigenvalue weighted by molar-refractivity contribution is 5.64. The Labute approximate surface area is 116 Å². The zero-order valence-corrected chi connectivity index (χ0v) is 11.6. The van der Waals surface area contributed by atoms with E-state index in [1.54, 1.807) is 6.07 Å². The molecule has 0 fully saturated rings. The molecule has 0 aliphatic carbocycles. The van der Waals surface area contributed by atoms with Gasteiger partial charge in [-0.1, -0.05) is 0 Å². The number of ether oxygens (including phenoxy) is 1. The van der Waals surface area contributed by atoms with Crippen LogP contribution in [0.25, 0.3) is 0 Å². The Bertz CT molecular complexity index is 507. The molecule has 0 spiro atoms. The fourth-order valence-electron chi connectivity index (χ4n) is 2.16. The Hall–Kier alpha value is -2.18. The summed E-state index contributed by atoms with van der Waals surface area (Å²) in [6, 6.07) is 3.12. The van der Waals surface area contributed by atoms with Crippen molar-refractivity contribution in [3.8, 4) is 0 Å². The van der Waals surface area contributed by atoms with Gasteiger partial charge in [0.1, 0.15) is 0 Å². The van der Waals surface area contributed by atoms with Gasteiger partial charge >= 0.3 is 5.69 Å². The molecule has 0 aromatic heterocycles. The monoisotopic (exact) mass is 284 g/mol. The van der Waals surface area contributed by atoms with Gasteiger partial charge in [-0.3, -0.25) is 14.9 Å². The number of fused-ring (bicyclic) bond motifs is 1. The van der Waals surface area contributed by atoms with Crippen LogP contribution in [0.15, 0.2) is 12.1 Å². The van der Waals surface area contributed by atoms with Crippen molar-refractivity contribution in [3.05, 3.63) is 33.6 Å². The normalized spacial score (nSPS) is 16.6. The molecule has 0 saturated heterocycles. The number of nitro groups is 1. The quantitative estimate of drug-likeness (QED) is 0.473. The highest BCUT2D eigenvalue weighted by atomic mass is 19.1. The lowest BCUT2D eigenvalue weighted by atomic mass is 9.95. The molecule has 1 aromatic carbocycles. The molecular formula is C13H17FN2O4. The van der Waals surface area contributed by atoms with Gasteiger partial charge < -0.3 is 9.64 Å². The summed E-state index contributed by atoms with van der Waals surface area (Å²) in [5.74, 6) is -0.744. The maximum Gasteiger partial charge on any atom is 0.310 e. The molecule has 1 aromatic rings. The molecule has 1 aliphatic rings. The SMILES string of the molecule is CC1CCc2c(ccc(F)c2[N+](=O)[O-])N1C.COC=O. The maximum atomic E-state index is 13.4. The van der Waals surface area contributed by atoms with Gasteiger partial charge in [0.15, 0.2) is 0 Å². The molecule has 1 heterocycles. The zero-order chi connectivity index (χ0) is 15.3. The summed E-state index contributed by atoms with van der Waals surface area (Å²) >= 11 is 0. The van der Waals surface area contributed by atoms with E-state index in [0.717, 1.165) is 12.1 Å². The Morgan fingerprint density at radius 3 is 2.65 bits per heavy atom. The molecule has 20 heavy (non-hydrogen) atoms. The molecule has 0 saturated carbocycles. The number of halogens is 1. The third kappa shape index (κ3) is 3.23. The summed E-state index contributed by atoms with van der Waals surface area (Å²) in [5, 5.41) is 10.8. The molecule has 1 aliphatic heterocycles. The summed E-state index contributed by atoms with van der Waals surface area (Å²) in [5.41, 5.74) is 0.925. The minimum absolute atomic E-state index is 0.331. The topological polar surface area (TPSA) is 72.7 Å². The Morgan fingerprint density at radius 2 is 2.15 bits per heavy atom. The highest BCUT2D eigenvalue weighted by Gasteiger charge is 2.29. The second kappa shape index (κ2) is 6.83. The average molecular weight is 284 g/mol. The first-order valence-corrected chi connectivity index (χ1v) is 6.09. The molecule has 6 nitrogen and oxygen atoms in total. The molecule has 7 heteroatoms. The van der Waals surface area contributed by atoms with Crippen LogP contribution in [-0.4, -0.2) is 31.6 Å². The fourth-order valence-corrected chi connectivity index (χ4v) is 2.16. The molecular weight excluding hydrogens is 267 g/mol. The second-order valence-corrected chi connectivity index (χ2v) is 4.48. The van der Waals surface area contributed by atoms with Crippen molar-refractivity contribution in [2.75, 3.05) is 19.1 Å². The van der Waals surface area contributed by atoms with Gasteiger partial charge in [0.25, 0.3) is 6.47 Å². The number of carbonyl (C=O) groups excluding carboxylic acids is 1. The lowest BCUT2D eigenvalue weighted by Gasteiger charge is -2.33. The summed E-state index contributed by atoms with van der Waals surface area (Å²) in [7, 11) is 3.19. The summed E-state index contributed by atoms with van der Waals surface area (Å²) in [4.78, 5) is 21.1. The standard InChI is InChI=1S/C11H13FN2O2.C2H4O2/c1-7-3-4-8-10(13(7)2)6-5-9(12)11(8)14(15)16;1-4-2-3/h5-7H,3-4H2,1-2H3;2H,1H3. The van der Waals surface area contributed by atoms with Crippen LogP contribution in [0.2, 0.25) is 0 Å². The van der Waals surface area contributed by atoms with Crippen molar-refractivity contribution in [1.82, 2.24) is 0 Å². The number of hydrogen-bond donors (Lipinski definition) is 0. The van der Waals surface area contributed by atoms with E-state index in [2.05, 4.69) is 11.7 Å². The number of rotatable bonds is 2. The van der Waals surface area contributed by atoms with Crippen LogP contribution in [-0.2, 0) is 16.0 Å². The fraction of sp³-hybridized carbons (Fsp3) is 0.462. The van der Waals surface area contributed by atoms with Crippen molar-refractivity contribution in [1.29, 1.82) is 0 Å².